The molecule has 1 aromatic rings. The Balaban J connectivity index is 2.00. The number of nitrogens with one attached hydrogen (secondary N) is 2. The molecule has 1 aromatic heterocycles. The number of carboxylic acids is 1. The first-order chi connectivity index (χ1) is 8.58. The lowest BCUT2D eigenvalue weighted by molar-refractivity contribution is -0.116. The molecule has 1 atom stereocenters. The van der Waals surface area contributed by atoms with Crippen molar-refractivity contribution < 1.29 is 14.7 Å². The third-order valence-electron chi connectivity index (χ3n) is 2.97. The van der Waals surface area contributed by atoms with Crippen LogP contribution in [-0.4, -0.2) is 34.4 Å². The molecule has 1 unspecified atom stereocenters. The van der Waals surface area contributed by atoms with E-state index in [-0.39, 0.29) is 11.5 Å². The molecule has 1 amide bonds. The summed E-state index contributed by atoms with van der Waals surface area (Å²) in [5, 5.41) is 15.2. The maximum absolute atomic E-state index is 11.8. The van der Waals surface area contributed by atoms with Crippen molar-refractivity contribution >= 4 is 28.4 Å². The smallest absolute Gasteiger partial charge is 0.340 e. The summed E-state index contributed by atoms with van der Waals surface area (Å²) in [6, 6.07) is 0. The summed E-state index contributed by atoms with van der Waals surface area (Å²) in [5.74, 6) is -0.860. The molecular weight excluding hydrogens is 254 g/mol. The fourth-order valence-electron chi connectivity index (χ4n) is 2.04. The zero-order valence-electron chi connectivity index (χ0n) is 10.0. The zero-order valence-corrected chi connectivity index (χ0v) is 10.8. The van der Waals surface area contributed by atoms with Crippen LogP contribution in [0.1, 0.15) is 28.9 Å². The Morgan fingerprint density at radius 1 is 1.61 bits per heavy atom. The van der Waals surface area contributed by atoms with Gasteiger partial charge in [0.1, 0.15) is 10.6 Å². The monoisotopic (exact) mass is 269 g/mol. The molecule has 18 heavy (non-hydrogen) atoms. The summed E-state index contributed by atoms with van der Waals surface area (Å²) in [6.07, 6.45) is 1.41. The summed E-state index contributed by atoms with van der Waals surface area (Å²) in [6.45, 7) is 3.41. The molecule has 0 bridgehead atoms. The number of hydrogen-bond acceptors (Lipinski definition) is 5. The van der Waals surface area contributed by atoms with Gasteiger partial charge in [0.2, 0.25) is 5.91 Å². The standard InChI is InChI=1S/C11H15N3O3S/c1-6-9(11(16)17)10(18-14-6)13-8(15)4-7-2-3-12-5-7/h7,12H,2-5H2,1H3,(H,13,15)(H,16,17). The van der Waals surface area contributed by atoms with Gasteiger partial charge in [-0.2, -0.15) is 4.37 Å². The number of aryl methyl sites for hydroxylation is 1. The van der Waals surface area contributed by atoms with Crippen LogP contribution < -0.4 is 10.6 Å². The van der Waals surface area contributed by atoms with Crippen molar-refractivity contribution in [1.82, 2.24) is 9.69 Å². The van der Waals surface area contributed by atoms with Crippen molar-refractivity contribution in [2.75, 3.05) is 18.4 Å². The predicted molar refractivity (Wildman–Crippen MR) is 68.0 cm³/mol. The van der Waals surface area contributed by atoms with E-state index in [4.69, 9.17) is 5.11 Å². The van der Waals surface area contributed by atoms with Crippen LogP contribution in [0.15, 0.2) is 0 Å². The van der Waals surface area contributed by atoms with Crippen molar-refractivity contribution in [1.29, 1.82) is 0 Å². The average molecular weight is 269 g/mol. The normalized spacial score (nSPS) is 18.8. The van der Waals surface area contributed by atoms with E-state index in [0.29, 0.717) is 23.0 Å². The lowest BCUT2D eigenvalue weighted by atomic mass is 10.0. The first-order valence-electron chi connectivity index (χ1n) is 5.78. The van der Waals surface area contributed by atoms with E-state index in [1.165, 1.54) is 0 Å². The number of aromatic carboxylic acids is 1. The maximum atomic E-state index is 11.8. The molecule has 3 N–H and O–H groups in total. The number of anilines is 1. The van der Waals surface area contributed by atoms with Gasteiger partial charge in [-0.25, -0.2) is 4.79 Å². The number of nitrogens with zero attached hydrogens (tertiary/aromatic N) is 1. The molecule has 0 aromatic carbocycles. The van der Waals surface area contributed by atoms with Gasteiger partial charge in [0, 0.05) is 6.42 Å². The molecule has 1 saturated heterocycles. The highest BCUT2D eigenvalue weighted by atomic mass is 32.1. The van der Waals surface area contributed by atoms with Crippen LogP contribution >= 0.6 is 11.5 Å². The number of amides is 1. The van der Waals surface area contributed by atoms with Crippen LogP contribution in [0.4, 0.5) is 5.00 Å². The third kappa shape index (κ3) is 2.85. The summed E-state index contributed by atoms with van der Waals surface area (Å²) < 4.78 is 3.96. The zero-order chi connectivity index (χ0) is 13.1. The molecule has 6 nitrogen and oxygen atoms in total. The molecule has 0 radical (unpaired) electrons. The number of carbonyl (C=O) groups excluding carboxylic acids is 1. The molecule has 1 aliphatic rings. The Bertz CT molecular complexity index is 466. The van der Waals surface area contributed by atoms with Crippen LogP contribution in [-0.2, 0) is 4.79 Å². The summed E-state index contributed by atoms with van der Waals surface area (Å²) in [7, 11) is 0. The van der Waals surface area contributed by atoms with Crippen molar-refractivity contribution in [3.8, 4) is 0 Å². The summed E-state index contributed by atoms with van der Waals surface area (Å²) in [4.78, 5) is 22.8. The van der Waals surface area contributed by atoms with Gasteiger partial charge >= 0.3 is 5.97 Å². The van der Waals surface area contributed by atoms with Gasteiger partial charge in [0.15, 0.2) is 0 Å². The number of hydrogen-bond donors (Lipinski definition) is 3. The topological polar surface area (TPSA) is 91.3 Å². The van der Waals surface area contributed by atoms with Crippen LogP contribution in [0.2, 0.25) is 0 Å². The van der Waals surface area contributed by atoms with Gasteiger partial charge < -0.3 is 15.7 Å². The van der Waals surface area contributed by atoms with E-state index in [1.54, 1.807) is 6.92 Å². The highest BCUT2D eigenvalue weighted by Gasteiger charge is 2.22. The van der Waals surface area contributed by atoms with E-state index in [9.17, 15) is 9.59 Å². The van der Waals surface area contributed by atoms with Gasteiger partial charge in [0.25, 0.3) is 0 Å². The third-order valence-corrected chi connectivity index (χ3v) is 3.82. The van der Waals surface area contributed by atoms with Crippen LogP contribution in [0, 0.1) is 12.8 Å². The molecule has 2 heterocycles. The van der Waals surface area contributed by atoms with Crippen molar-refractivity contribution in [2.45, 2.75) is 19.8 Å². The quantitative estimate of drug-likeness (QED) is 0.761. The average Bonchev–Trinajstić information content (AvgIpc) is 2.88. The van der Waals surface area contributed by atoms with Gasteiger partial charge in [-0.1, -0.05) is 0 Å². The molecule has 98 valence electrons. The predicted octanol–water partition coefficient (Wildman–Crippen LogP) is 1.09. The largest absolute Gasteiger partial charge is 0.478 e. The van der Waals surface area contributed by atoms with Crippen molar-refractivity contribution in [3.63, 3.8) is 0 Å². The first kappa shape index (κ1) is 13.0. The van der Waals surface area contributed by atoms with Gasteiger partial charge in [-0.05, 0) is 43.9 Å². The Morgan fingerprint density at radius 3 is 3.00 bits per heavy atom. The molecule has 7 heteroatoms. The Labute approximate surface area is 109 Å². The number of carbonyl (C=O) groups is 2. The molecule has 0 saturated carbocycles. The van der Waals surface area contributed by atoms with E-state index >= 15 is 0 Å². The van der Waals surface area contributed by atoms with Gasteiger partial charge in [-0.15, -0.1) is 0 Å². The van der Waals surface area contributed by atoms with E-state index in [1.807, 2.05) is 0 Å². The number of aromatic nitrogens is 1. The lowest BCUT2D eigenvalue weighted by Gasteiger charge is -2.08. The molecule has 1 fully saturated rings. The number of rotatable bonds is 4. The Hall–Kier alpha value is -1.47. The minimum absolute atomic E-state index is 0.0953. The second kappa shape index (κ2) is 5.45. The minimum atomic E-state index is -1.06. The van der Waals surface area contributed by atoms with Crippen LogP contribution in [0.25, 0.3) is 0 Å². The van der Waals surface area contributed by atoms with Crippen LogP contribution in [0.3, 0.4) is 0 Å². The van der Waals surface area contributed by atoms with Gasteiger partial charge in [0.05, 0.1) is 5.69 Å². The highest BCUT2D eigenvalue weighted by Crippen LogP contribution is 2.25. The van der Waals surface area contributed by atoms with E-state index in [2.05, 4.69) is 15.0 Å². The molecular formula is C11H15N3O3S. The number of carboxylic acid groups (broad SMARTS) is 1. The Morgan fingerprint density at radius 2 is 2.39 bits per heavy atom. The first-order valence-corrected chi connectivity index (χ1v) is 6.55. The van der Waals surface area contributed by atoms with Crippen molar-refractivity contribution in [3.05, 3.63) is 11.3 Å². The Kier molecular flexibility index (Phi) is 3.93. The summed E-state index contributed by atoms with van der Waals surface area (Å²) >= 11 is 1.01. The van der Waals surface area contributed by atoms with E-state index < -0.39 is 5.97 Å². The fraction of sp³-hybridized carbons (Fsp3) is 0.545. The van der Waals surface area contributed by atoms with Gasteiger partial charge in [-0.3, -0.25) is 4.79 Å². The van der Waals surface area contributed by atoms with Crippen molar-refractivity contribution in [2.24, 2.45) is 5.92 Å². The minimum Gasteiger partial charge on any atom is -0.478 e. The lowest BCUT2D eigenvalue weighted by Crippen LogP contribution is -2.19. The van der Waals surface area contributed by atoms with E-state index in [0.717, 1.165) is 31.0 Å². The molecule has 0 aliphatic carbocycles. The molecule has 1 aliphatic heterocycles. The SMILES string of the molecule is Cc1nsc(NC(=O)CC2CCNC2)c1C(=O)O. The second-order valence-corrected chi connectivity index (χ2v) is 5.16. The second-order valence-electron chi connectivity index (χ2n) is 4.39. The highest BCUT2D eigenvalue weighted by molar-refractivity contribution is 7.11. The van der Waals surface area contributed by atoms with Crippen LogP contribution in [0.5, 0.6) is 0 Å². The fourth-order valence-corrected chi connectivity index (χ4v) is 2.84. The maximum Gasteiger partial charge on any atom is 0.340 e. The molecule has 0 spiro atoms. The molecule has 2 rings (SSSR count). The summed E-state index contributed by atoms with van der Waals surface area (Å²) in [5.41, 5.74) is 0.531.